The van der Waals surface area contributed by atoms with Crippen molar-refractivity contribution in [3.63, 3.8) is 0 Å². The van der Waals surface area contributed by atoms with Gasteiger partial charge >= 0.3 is 0 Å². The van der Waals surface area contributed by atoms with Crippen molar-refractivity contribution in [1.29, 1.82) is 0 Å². The molecule has 20 heavy (non-hydrogen) atoms. The predicted octanol–water partition coefficient (Wildman–Crippen LogP) is 4.31. The fourth-order valence-corrected chi connectivity index (χ4v) is 3.02. The summed E-state index contributed by atoms with van der Waals surface area (Å²) in [5.74, 6) is 1.23. The highest BCUT2D eigenvalue weighted by Gasteiger charge is 2.32. The van der Waals surface area contributed by atoms with Crippen molar-refractivity contribution >= 4 is 11.6 Å². The van der Waals surface area contributed by atoms with Crippen molar-refractivity contribution in [1.82, 2.24) is 0 Å². The van der Waals surface area contributed by atoms with Crippen LogP contribution >= 0.6 is 0 Å². The van der Waals surface area contributed by atoms with E-state index in [0.717, 1.165) is 5.69 Å². The molecule has 2 atom stereocenters. The summed E-state index contributed by atoms with van der Waals surface area (Å²) in [5, 5.41) is 2.81. The van der Waals surface area contributed by atoms with Gasteiger partial charge in [0.1, 0.15) is 0 Å². The Kier molecular flexibility index (Phi) is 3.55. The molecule has 0 bridgehead atoms. The fraction of sp³-hybridized carbons (Fsp3) is 0.278. The number of hydrogen-bond acceptors (Lipinski definition) is 1. The predicted molar refractivity (Wildman–Crippen MR) is 81.9 cm³/mol. The van der Waals surface area contributed by atoms with Crippen molar-refractivity contribution in [2.75, 3.05) is 5.32 Å². The van der Waals surface area contributed by atoms with Crippen LogP contribution in [0, 0.1) is 0 Å². The Labute approximate surface area is 119 Å². The van der Waals surface area contributed by atoms with Gasteiger partial charge in [0.05, 0.1) is 0 Å². The third-order valence-electron chi connectivity index (χ3n) is 4.16. The molecule has 2 aromatic rings. The molecule has 0 saturated heterocycles. The molecule has 0 aliphatic heterocycles. The normalized spacial score (nSPS) is 21.1. The molecule has 0 aromatic heterocycles. The van der Waals surface area contributed by atoms with Crippen LogP contribution in [-0.4, -0.2) is 5.91 Å². The van der Waals surface area contributed by atoms with E-state index in [1.54, 1.807) is 0 Å². The van der Waals surface area contributed by atoms with Gasteiger partial charge in [-0.15, -0.1) is 0 Å². The summed E-state index contributed by atoms with van der Waals surface area (Å²) in [4.78, 5) is 11.0. The number of anilines is 1. The van der Waals surface area contributed by atoms with Gasteiger partial charge < -0.3 is 5.32 Å². The van der Waals surface area contributed by atoms with Crippen LogP contribution in [0.4, 0.5) is 5.69 Å². The van der Waals surface area contributed by atoms with Crippen LogP contribution in [0.25, 0.3) is 0 Å². The minimum Gasteiger partial charge on any atom is -0.326 e. The third-order valence-corrected chi connectivity index (χ3v) is 4.16. The van der Waals surface area contributed by atoms with Crippen LogP contribution in [0.15, 0.2) is 54.6 Å². The van der Waals surface area contributed by atoms with Gasteiger partial charge in [0.25, 0.3) is 0 Å². The Balaban J connectivity index is 1.75. The summed E-state index contributed by atoms with van der Waals surface area (Å²) in [6, 6.07) is 19.0. The van der Waals surface area contributed by atoms with E-state index < -0.39 is 0 Å². The summed E-state index contributed by atoms with van der Waals surface area (Å²) in [7, 11) is 0. The van der Waals surface area contributed by atoms with Crippen LogP contribution in [0.3, 0.4) is 0 Å². The lowest BCUT2D eigenvalue weighted by atomic mass is 9.67. The van der Waals surface area contributed by atoms with Gasteiger partial charge in [0.15, 0.2) is 0 Å². The summed E-state index contributed by atoms with van der Waals surface area (Å²) in [5.41, 5.74) is 3.69. The molecular formula is C18H19NO. The van der Waals surface area contributed by atoms with Gasteiger partial charge in [0, 0.05) is 12.6 Å². The number of rotatable bonds is 3. The number of benzene rings is 2. The Hall–Kier alpha value is -2.09. The van der Waals surface area contributed by atoms with Crippen molar-refractivity contribution < 1.29 is 4.79 Å². The molecular weight excluding hydrogens is 246 g/mol. The first-order valence-corrected chi connectivity index (χ1v) is 7.16. The van der Waals surface area contributed by atoms with Gasteiger partial charge in [-0.05, 0) is 47.9 Å². The Morgan fingerprint density at radius 1 is 0.900 bits per heavy atom. The van der Waals surface area contributed by atoms with Gasteiger partial charge in [0.2, 0.25) is 5.91 Å². The second-order valence-electron chi connectivity index (χ2n) is 5.50. The van der Waals surface area contributed by atoms with Crippen LogP contribution < -0.4 is 5.32 Å². The standard InChI is InChI=1S/C18H19NO/c1-13(20)19-16-9-7-15(8-10-16)18-12-11-17(18)14-5-3-2-4-6-14/h2-10,17-18H,11-12H2,1H3,(H,19,20). The molecule has 2 aromatic carbocycles. The zero-order chi connectivity index (χ0) is 13.9. The average Bonchev–Trinajstić information content (AvgIpc) is 2.40. The highest BCUT2D eigenvalue weighted by atomic mass is 16.1. The van der Waals surface area contributed by atoms with Crippen LogP contribution in [0.5, 0.6) is 0 Å². The molecule has 2 heteroatoms. The molecule has 3 rings (SSSR count). The number of carbonyl (C=O) groups is 1. The summed E-state index contributed by atoms with van der Waals surface area (Å²) < 4.78 is 0. The topological polar surface area (TPSA) is 29.1 Å². The molecule has 0 spiro atoms. The van der Waals surface area contributed by atoms with Gasteiger partial charge in [-0.25, -0.2) is 0 Å². The zero-order valence-corrected chi connectivity index (χ0v) is 11.7. The molecule has 1 aliphatic rings. The van der Waals surface area contributed by atoms with E-state index in [-0.39, 0.29) is 5.91 Å². The highest BCUT2D eigenvalue weighted by molar-refractivity contribution is 5.88. The Morgan fingerprint density at radius 2 is 1.45 bits per heavy atom. The lowest BCUT2D eigenvalue weighted by molar-refractivity contribution is -0.114. The second kappa shape index (κ2) is 5.49. The molecule has 0 heterocycles. The zero-order valence-electron chi connectivity index (χ0n) is 11.7. The lowest BCUT2D eigenvalue weighted by Crippen LogP contribution is -2.21. The molecule has 0 radical (unpaired) electrons. The highest BCUT2D eigenvalue weighted by Crippen LogP contribution is 2.49. The minimum atomic E-state index is -0.0245. The van der Waals surface area contributed by atoms with E-state index in [1.807, 2.05) is 12.1 Å². The first-order valence-electron chi connectivity index (χ1n) is 7.16. The van der Waals surface area contributed by atoms with Crippen molar-refractivity contribution in [3.8, 4) is 0 Å². The van der Waals surface area contributed by atoms with E-state index in [9.17, 15) is 4.79 Å². The maximum Gasteiger partial charge on any atom is 0.221 e. The molecule has 1 N–H and O–H groups in total. The van der Waals surface area contributed by atoms with Crippen molar-refractivity contribution in [2.24, 2.45) is 0 Å². The Morgan fingerprint density at radius 3 is 1.95 bits per heavy atom. The smallest absolute Gasteiger partial charge is 0.221 e. The summed E-state index contributed by atoms with van der Waals surface area (Å²) in [6.45, 7) is 1.53. The number of hydrogen-bond donors (Lipinski definition) is 1. The van der Waals surface area contributed by atoms with E-state index in [4.69, 9.17) is 0 Å². The molecule has 1 saturated carbocycles. The van der Waals surface area contributed by atoms with Gasteiger partial charge in [-0.3, -0.25) is 4.79 Å². The minimum absolute atomic E-state index is 0.0245. The monoisotopic (exact) mass is 265 g/mol. The molecule has 1 aliphatic carbocycles. The van der Waals surface area contributed by atoms with E-state index in [2.05, 4.69) is 47.8 Å². The summed E-state index contributed by atoms with van der Waals surface area (Å²) >= 11 is 0. The molecule has 1 amide bonds. The molecule has 1 fully saturated rings. The number of amides is 1. The van der Waals surface area contributed by atoms with Gasteiger partial charge in [-0.1, -0.05) is 42.5 Å². The van der Waals surface area contributed by atoms with Crippen LogP contribution in [0.1, 0.15) is 42.7 Å². The van der Waals surface area contributed by atoms with E-state index in [0.29, 0.717) is 11.8 Å². The molecule has 2 nitrogen and oxygen atoms in total. The first kappa shape index (κ1) is 12.9. The molecule has 102 valence electrons. The van der Waals surface area contributed by atoms with Crippen LogP contribution in [-0.2, 0) is 4.79 Å². The third kappa shape index (κ3) is 2.60. The summed E-state index contributed by atoms with van der Waals surface area (Å²) in [6.07, 6.45) is 2.52. The number of carbonyl (C=O) groups excluding carboxylic acids is 1. The van der Waals surface area contributed by atoms with Gasteiger partial charge in [-0.2, -0.15) is 0 Å². The molecule has 2 unspecified atom stereocenters. The fourth-order valence-electron chi connectivity index (χ4n) is 3.02. The van der Waals surface area contributed by atoms with E-state index in [1.165, 1.54) is 30.9 Å². The lowest BCUT2D eigenvalue weighted by Gasteiger charge is -2.37. The Bertz CT molecular complexity index is 589. The maximum atomic E-state index is 11.0. The SMILES string of the molecule is CC(=O)Nc1ccc(C2CCC2c2ccccc2)cc1. The average molecular weight is 265 g/mol. The van der Waals surface area contributed by atoms with Crippen molar-refractivity contribution in [2.45, 2.75) is 31.6 Å². The second-order valence-corrected chi connectivity index (χ2v) is 5.50. The number of nitrogens with one attached hydrogen (secondary N) is 1. The largest absolute Gasteiger partial charge is 0.326 e. The van der Waals surface area contributed by atoms with E-state index >= 15 is 0 Å². The quantitative estimate of drug-likeness (QED) is 0.880. The maximum absolute atomic E-state index is 11.0. The van der Waals surface area contributed by atoms with Crippen LogP contribution in [0.2, 0.25) is 0 Å². The van der Waals surface area contributed by atoms with Crippen molar-refractivity contribution in [3.05, 3.63) is 65.7 Å². The first-order chi connectivity index (χ1) is 9.74.